The Balaban J connectivity index is 0. The molecule has 12 nitrogen and oxygen atoms in total. The molecule has 0 spiro atoms. The molecule has 0 saturated carbocycles. The second-order valence-electron chi connectivity index (χ2n) is 4.81. The molecule has 12 heteroatoms. The number of nitrogens with zero attached hydrogens (tertiary/aromatic N) is 1. The van der Waals surface area contributed by atoms with Crippen molar-refractivity contribution in [3.63, 3.8) is 0 Å². The van der Waals surface area contributed by atoms with E-state index >= 15 is 0 Å². The topological polar surface area (TPSA) is 231 Å². The summed E-state index contributed by atoms with van der Waals surface area (Å²) < 4.78 is 0. The Bertz CT molecular complexity index is 477. The molecule has 0 saturated heterocycles. The monoisotopic (exact) mass is 363 g/mol. The normalized spacial score (nSPS) is 10.6. The zero-order valence-corrected chi connectivity index (χ0v) is 13.7. The number of nitrogens with two attached hydrogens (primary N) is 3. The van der Waals surface area contributed by atoms with Crippen LogP contribution in [0.4, 0.5) is 0 Å². The number of carbonyl (C=O) groups excluding carboxylic acids is 1. The molecule has 1 atom stereocenters. The first-order valence-corrected chi connectivity index (χ1v) is 7.30. The van der Waals surface area contributed by atoms with Crippen LogP contribution >= 0.6 is 0 Å². The van der Waals surface area contributed by atoms with Crippen molar-refractivity contribution in [1.29, 1.82) is 0 Å². The number of aliphatic imine (C=N–C) groups is 1. The lowest BCUT2D eigenvalue weighted by Crippen LogP contribution is -2.30. The number of guanidine groups is 1. The number of hydrogen-bond acceptors (Lipinski definition) is 6. The van der Waals surface area contributed by atoms with Gasteiger partial charge in [0.05, 0.1) is 0 Å². The molecule has 10 N–H and O–H groups in total. The number of carbonyl (C=O) groups is 4. The summed E-state index contributed by atoms with van der Waals surface area (Å²) in [5.74, 6) is -3.51. The molecule has 0 bridgehead atoms. The highest BCUT2D eigenvalue weighted by Gasteiger charge is 2.09. The molecule has 0 rings (SSSR count). The zero-order valence-electron chi connectivity index (χ0n) is 13.7. The van der Waals surface area contributed by atoms with Gasteiger partial charge in [0.15, 0.2) is 5.96 Å². The standard InChI is InChI=1S/C7H11NO5.C6H14N4O2/c9-5(8-4-7(12)13)2-1-3-6(10)11;7-4(5(11)12)2-1-3-10-6(8)9/h1-4H2,(H,8,9)(H,10,11)(H,12,13);4H,1-3,7H2,(H,11,12)(H4,8,9,10)/t;4-/m.0/s1. The summed E-state index contributed by atoms with van der Waals surface area (Å²) in [4.78, 5) is 44.7. The van der Waals surface area contributed by atoms with E-state index < -0.39 is 36.4 Å². The molecule has 1 amide bonds. The van der Waals surface area contributed by atoms with E-state index in [-0.39, 0.29) is 25.2 Å². The fourth-order valence-electron chi connectivity index (χ4n) is 1.31. The number of nitrogens with one attached hydrogen (secondary N) is 1. The summed E-state index contributed by atoms with van der Waals surface area (Å²) in [5.41, 5.74) is 15.3. The van der Waals surface area contributed by atoms with Crippen molar-refractivity contribution in [2.75, 3.05) is 13.1 Å². The van der Waals surface area contributed by atoms with E-state index in [0.717, 1.165) is 0 Å². The largest absolute Gasteiger partial charge is 0.481 e. The summed E-state index contributed by atoms with van der Waals surface area (Å²) >= 11 is 0. The molecular formula is C13H25N5O7. The SMILES string of the molecule is NC(N)=NCCC[C@H](N)C(=O)O.O=C(O)CCCC(=O)NCC(=O)O. The average Bonchev–Trinajstić information content (AvgIpc) is 2.49. The van der Waals surface area contributed by atoms with Crippen LogP contribution in [-0.4, -0.2) is 64.2 Å². The van der Waals surface area contributed by atoms with Crippen LogP contribution in [-0.2, 0) is 19.2 Å². The van der Waals surface area contributed by atoms with Gasteiger partial charge in [0.2, 0.25) is 5.91 Å². The highest BCUT2D eigenvalue weighted by atomic mass is 16.4. The van der Waals surface area contributed by atoms with Crippen LogP contribution in [0.2, 0.25) is 0 Å². The zero-order chi connectivity index (χ0) is 19.8. The Labute approximate surface area is 144 Å². The predicted octanol–water partition coefficient (Wildman–Crippen LogP) is -2.11. The first-order chi connectivity index (χ1) is 11.6. The van der Waals surface area contributed by atoms with Crippen molar-refractivity contribution < 1.29 is 34.5 Å². The Morgan fingerprint density at radius 1 is 0.960 bits per heavy atom. The molecule has 0 aromatic carbocycles. The van der Waals surface area contributed by atoms with Crippen molar-refractivity contribution in [2.45, 2.75) is 38.1 Å². The lowest BCUT2D eigenvalue weighted by molar-refractivity contribution is -0.139. The minimum atomic E-state index is -1.12. The van der Waals surface area contributed by atoms with Crippen LogP contribution in [0, 0.1) is 0 Å². The number of carboxylic acid groups (broad SMARTS) is 3. The van der Waals surface area contributed by atoms with Gasteiger partial charge in [-0.2, -0.15) is 0 Å². The summed E-state index contributed by atoms with van der Waals surface area (Å²) in [6.45, 7) is -0.00474. The van der Waals surface area contributed by atoms with Gasteiger partial charge in [-0.3, -0.25) is 24.2 Å². The first-order valence-electron chi connectivity index (χ1n) is 7.30. The Morgan fingerprint density at radius 3 is 2.00 bits per heavy atom. The number of amides is 1. The quantitative estimate of drug-likeness (QED) is 0.120. The Kier molecular flexibility index (Phi) is 14.3. The molecule has 0 heterocycles. The van der Waals surface area contributed by atoms with Crippen molar-refractivity contribution in [1.82, 2.24) is 5.32 Å². The van der Waals surface area contributed by atoms with Gasteiger partial charge >= 0.3 is 17.9 Å². The number of hydrogen-bond donors (Lipinski definition) is 7. The van der Waals surface area contributed by atoms with Crippen LogP contribution < -0.4 is 22.5 Å². The molecule has 0 aromatic heterocycles. The highest BCUT2D eigenvalue weighted by molar-refractivity contribution is 5.81. The molecule has 0 radical (unpaired) electrons. The van der Waals surface area contributed by atoms with Crippen molar-refractivity contribution in [3.8, 4) is 0 Å². The molecule has 0 aromatic rings. The Morgan fingerprint density at radius 2 is 1.56 bits per heavy atom. The van der Waals surface area contributed by atoms with Gasteiger partial charge in [-0.1, -0.05) is 0 Å². The lowest BCUT2D eigenvalue weighted by atomic mass is 10.2. The number of rotatable bonds is 11. The minimum absolute atomic E-state index is 0.0129. The number of aliphatic carboxylic acids is 3. The second kappa shape index (κ2) is 14.7. The summed E-state index contributed by atoms with van der Waals surface area (Å²) in [6, 6.07) is -0.820. The Hall–Kier alpha value is -2.89. The number of carboxylic acids is 3. The molecular weight excluding hydrogens is 338 g/mol. The third-order valence-electron chi connectivity index (χ3n) is 2.52. The van der Waals surface area contributed by atoms with Crippen LogP contribution in [0.3, 0.4) is 0 Å². The van der Waals surface area contributed by atoms with Gasteiger partial charge in [-0.05, 0) is 19.3 Å². The van der Waals surface area contributed by atoms with E-state index in [1.54, 1.807) is 0 Å². The van der Waals surface area contributed by atoms with Gasteiger partial charge in [-0.15, -0.1) is 0 Å². The molecule has 0 fully saturated rings. The van der Waals surface area contributed by atoms with Gasteiger partial charge in [0, 0.05) is 19.4 Å². The van der Waals surface area contributed by atoms with Crippen LogP contribution in [0.25, 0.3) is 0 Å². The maximum Gasteiger partial charge on any atom is 0.322 e. The van der Waals surface area contributed by atoms with E-state index in [2.05, 4.69) is 10.3 Å². The third kappa shape index (κ3) is 21.1. The van der Waals surface area contributed by atoms with Gasteiger partial charge < -0.3 is 37.8 Å². The molecule has 25 heavy (non-hydrogen) atoms. The van der Waals surface area contributed by atoms with E-state index in [1.807, 2.05) is 0 Å². The van der Waals surface area contributed by atoms with E-state index in [0.29, 0.717) is 19.4 Å². The van der Waals surface area contributed by atoms with Crippen molar-refractivity contribution in [3.05, 3.63) is 0 Å². The van der Waals surface area contributed by atoms with Crippen LogP contribution in [0.15, 0.2) is 4.99 Å². The smallest absolute Gasteiger partial charge is 0.322 e. The fraction of sp³-hybridized carbons (Fsp3) is 0.615. The van der Waals surface area contributed by atoms with Crippen molar-refractivity contribution >= 4 is 29.8 Å². The predicted molar refractivity (Wildman–Crippen MR) is 87.7 cm³/mol. The maximum absolute atomic E-state index is 10.8. The molecule has 0 aliphatic rings. The van der Waals surface area contributed by atoms with Gasteiger partial charge in [0.25, 0.3) is 0 Å². The fourth-order valence-corrected chi connectivity index (χ4v) is 1.31. The van der Waals surface area contributed by atoms with Crippen molar-refractivity contribution in [2.24, 2.45) is 22.2 Å². The lowest BCUT2D eigenvalue weighted by Gasteiger charge is -2.03. The second-order valence-corrected chi connectivity index (χ2v) is 4.81. The maximum atomic E-state index is 10.8. The molecule has 0 aliphatic carbocycles. The van der Waals surface area contributed by atoms with Gasteiger partial charge in [-0.25, -0.2) is 0 Å². The van der Waals surface area contributed by atoms with E-state index in [9.17, 15) is 19.2 Å². The van der Waals surface area contributed by atoms with Crippen LogP contribution in [0.1, 0.15) is 32.1 Å². The molecule has 144 valence electrons. The van der Waals surface area contributed by atoms with E-state index in [1.165, 1.54) is 0 Å². The third-order valence-corrected chi connectivity index (χ3v) is 2.52. The minimum Gasteiger partial charge on any atom is -0.481 e. The van der Waals surface area contributed by atoms with Gasteiger partial charge in [0.1, 0.15) is 12.6 Å². The van der Waals surface area contributed by atoms with E-state index in [4.69, 9.17) is 32.5 Å². The molecule has 0 aliphatic heterocycles. The first kappa shape index (κ1) is 24.4. The average molecular weight is 363 g/mol. The van der Waals surface area contributed by atoms with Crippen LogP contribution in [0.5, 0.6) is 0 Å². The summed E-state index contributed by atoms with van der Waals surface area (Å²) in [5, 5.41) is 26.9. The summed E-state index contributed by atoms with van der Waals surface area (Å²) in [7, 11) is 0. The molecule has 0 unspecified atom stereocenters. The summed E-state index contributed by atoms with van der Waals surface area (Å²) in [6.07, 6.45) is 1.14. The highest BCUT2D eigenvalue weighted by Crippen LogP contribution is 1.95.